The molecule has 6 heteroatoms. The molecule has 0 aliphatic heterocycles. The molecule has 3 rings (SSSR count). The van der Waals surface area contributed by atoms with Crippen molar-refractivity contribution in [2.45, 2.75) is 6.92 Å². The molecule has 0 saturated heterocycles. The van der Waals surface area contributed by atoms with Crippen molar-refractivity contribution in [3.63, 3.8) is 0 Å². The molecule has 23 heavy (non-hydrogen) atoms. The molecule has 0 bridgehead atoms. The van der Waals surface area contributed by atoms with E-state index < -0.39 is 5.82 Å². The zero-order valence-electron chi connectivity index (χ0n) is 12.4. The fraction of sp³-hybridized carbons (Fsp3) is 0.118. The predicted octanol–water partition coefficient (Wildman–Crippen LogP) is 3.09. The lowest BCUT2D eigenvalue weighted by Crippen LogP contribution is -2.21. The average molecular weight is 311 g/mol. The smallest absolute Gasteiger partial charge is 0.262 e. The van der Waals surface area contributed by atoms with E-state index in [1.54, 1.807) is 13.0 Å². The van der Waals surface area contributed by atoms with Crippen molar-refractivity contribution in [2.75, 3.05) is 11.9 Å². The van der Waals surface area contributed by atoms with Gasteiger partial charge in [0, 0.05) is 5.69 Å². The van der Waals surface area contributed by atoms with Crippen molar-refractivity contribution in [1.29, 1.82) is 0 Å². The third kappa shape index (κ3) is 3.42. The molecule has 3 aromatic rings. The fourth-order valence-corrected chi connectivity index (χ4v) is 2.14. The molecule has 0 fully saturated rings. The third-order valence-electron chi connectivity index (χ3n) is 3.32. The number of aryl methyl sites for hydroxylation is 1. The lowest BCUT2D eigenvalue weighted by atomic mass is 10.2. The molecule has 0 saturated carbocycles. The van der Waals surface area contributed by atoms with Gasteiger partial charge in [0.05, 0.1) is 10.9 Å². The van der Waals surface area contributed by atoms with Crippen LogP contribution in [0.2, 0.25) is 0 Å². The first kappa shape index (κ1) is 14.9. The summed E-state index contributed by atoms with van der Waals surface area (Å²) in [6.07, 6.45) is 1.38. The van der Waals surface area contributed by atoms with Crippen LogP contribution in [0, 0.1) is 12.7 Å². The molecule has 116 valence electrons. The Hall–Kier alpha value is -3.02. The van der Waals surface area contributed by atoms with Crippen molar-refractivity contribution in [1.82, 2.24) is 9.97 Å². The van der Waals surface area contributed by atoms with Gasteiger partial charge in [-0.2, -0.15) is 0 Å². The molecule has 0 atom stereocenters. The van der Waals surface area contributed by atoms with E-state index in [2.05, 4.69) is 15.3 Å². The number of fused-ring (bicyclic) bond motifs is 1. The van der Waals surface area contributed by atoms with Gasteiger partial charge in [0.25, 0.3) is 5.91 Å². The van der Waals surface area contributed by atoms with Crippen molar-refractivity contribution in [2.24, 2.45) is 0 Å². The van der Waals surface area contributed by atoms with Crippen LogP contribution in [0.4, 0.5) is 10.1 Å². The van der Waals surface area contributed by atoms with Crippen LogP contribution < -0.4 is 10.1 Å². The second kappa shape index (κ2) is 6.39. The van der Waals surface area contributed by atoms with Crippen LogP contribution in [-0.4, -0.2) is 22.5 Å². The van der Waals surface area contributed by atoms with Crippen LogP contribution in [-0.2, 0) is 4.79 Å². The number of anilines is 1. The minimum Gasteiger partial charge on any atom is -0.467 e. The number of amides is 1. The number of aromatic nitrogens is 2. The molecule has 2 aromatic carbocycles. The molecule has 0 aliphatic rings. The van der Waals surface area contributed by atoms with Gasteiger partial charge in [-0.05, 0) is 36.8 Å². The van der Waals surface area contributed by atoms with E-state index in [4.69, 9.17) is 4.74 Å². The van der Waals surface area contributed by atoms with Gasteiger partial charge >= 0.3 is 0 Å². The van der Waals surface area contributed by atoms with Gasteiger partial charge in [0.2, 0.25) is 5.88 Å². The van der Waals surface area contributed by atoms with Crippen LogP contribution in [0.3, 0.4) is 0 Å². The summed E-state index contributed by atoms with van der Waals surface area (Å²) in [7, 11) is 0. The molecule has 1 N–H and O–H groups in total. The second-order valence-corrected chi connectivity index (χ2v) is 4.99. The van der Waals surface area contributed by atoms with Crippen molar-refractivity contribution in [3.8, 4) is 5.88 Å². The summed E-state index contributed by atoms with van der Waals surface area (Å²) < 4.78 is 18.7. The summed E-state index contributed by atoms with van der Waals surface area (Å²) in [5.41, 5.74) is 1.93. The van der Waals surface area contributed by atoms with Crippen LogP contribution in [0.5, 0.6) is 5.88 Å². The highest BCUT2D eigenvalue weighted by Gasteiger charge is 2.09. The largest absolute Gasteiger partial charge is 0.467 e. The number of benzene rings is 2. The van der Waals surface area contributed by atoms with Crippen molar-refractivity contribution < 1.29 is 13.9 Å². The Morgan fingerprint density at radius 1 is 1.22 bits per heavy atom. The van der Waals surface area contributed by atoms with E-state index in [9.17, 15) is 9.18 Å². The first-order valence-corrected chi connectivity index (χ1v) is 7.02. The van der Waals surface area contributed by atoms with Crippen LogP contribution in [0.25, 0.3) is 10.9 Å². The van der Waals surface area contributed by atoms with E-state index in [0.717, 1.165) is 16.5 Å². The van der Waals surface area contributed by atoms with Crippen molar-refractivity contribution in [3.05, 3.63) is 60.2 Å². The van der Waals surface area contributed by atoms with Gasteiger partial charge in [-0.1, -0.05) is 18.2 Å². The maximum Gasteiger partial charge on any atom is 0.262 e. The Balaban J connectivity index is 1.70. The number of halogens is 1. The molecule has 5 nitrogen and oxygen atoms in total. The molecule has 0 aliphatic carbocycles. The molecule has 1 aromatic heterocycles. The summed E-state index contributed by atoms with van der Waals surface area (Å²) in [4.78, 5) is 20.2. The molecule has 1 amide bonds. The Morgan fingerprint density at radius 3 is 2.91 bits per heavy atom. The van der Waals surface area contributed by atoms with E-state index >= 15 is 0 Å². The summed E-state index contributed by atoms with van der Waals surface area (Å²) in [6, 6.07) is 11.6. The van der Waals surface area contributed by atoms with E-state index in [1.165, 1.54) is 18.5 Å². The molecule has 1 heterocycles. The van der Waals surface area contributed by atoms with Crippen molar-refractivity contribution >= 4 is 22.5 Å². The standard InChI is InChI=1S/C17H14FN3O2/c1-11-6-7-12(18)8-15(11)21-16(22)9-23-17-13-4-2-3-5-14(13)19-10-20-17/h2-8,10H,9H2,1H3,(H,21,22). The van der Waals surface area contributed by atoms with Crippen LogP contribution >= 0.6 is 0 Å². The monoisotopic (exact) mass is 311 g/mol. The minimum absolute atomic E-state index is 0.225. The fourth-order valence-electron chi connectivity index (χ4n) is 2.14. The molecule has 0 radical (unpaired) electrons. The Labute approximate surface area is 132 Å². The molecular weight excluding hydrogens is 297 g/mol. The number of hydrogen-bond donors (Lipinski definition) is 1. The summed E-state index contributed by atoms with van der Waals surface area (Å²) in [5, 5.41) is 3.35. The van der Waals surface area contributed by atoms with E-state index in [-0.39, 0.29) is 12.5 Å². The number of carbonyl (C=O) groups is 1. The van der Waals surface area contributed by atoms with Crippen LogP contribution in [0.15, 0.2) is 48.8 Å². The lowest BCUT2D eigenvalue weighted by molar-refractivity contribution is -0.118. The Bertz CT molecular complexity index is 862. The highest BCUT2D eigenvalue weighted by atomic mass is 19.1. The summed E-state index contributed by atoms with van der Waals surface area (Å²) in [5.74, 6) is -0.461. The predicted molar refractivity (Wildman–Crippen MR) is 84.8 cm³/mol. The molecule has 0 spiro atoms. The van der Waals surface area contributed by atoms with Gasteiger partial charge in [0.1, 0.15) is 12.1 Å². The van der Waals surface area contributed by atoms with Gasteiger partial charge in [0.15, 0.2) is 6.61 Å². The number of carbonyl (C=O) groups excluding carboxylic acids is 1. The van der Waals surface area contributed by atoms with Gasteiger partial charge in [-0.25, -0.2) is 14.4 Å². The summed E-state index contributed by atoms with van der Waals surface area (Å²) >= 11 is 0. The normalized spacial score (nSPS) is 10.5. The Morgan fingerprint density at radius 2 is 2.04 bits per heavy atom. The number of para-hydroxylation sites is 1. The topological polar surface area (TPSA) is 64.1 Å². The second-order valence-electron chi connectivity index (χ2n) is 4.99. The SMILES string of the molecule is Cc1ccc(F)cc1NC(=O)COc1ncnc2ccccc12. The van der Waals surface area contributed by atoms with Gasteiger partial charge in [-0.15, -0.1) is 0 Å². The Kier molecular flexibility index (Phi) is 4.14. The number of nitrogens with one attached hydrogen (secondary N) is 1. The highest BCUT2D eigenvalue weighted by molar-refractivity contribution is 5.93. The number of hydrogen-bond acceptors (Lipinski definition) is 4. The maximum atomic E-state index is 13.2. The van der Waals surface area contributed by atoms with Crippen LogP contribution in [0.1, 0.15) is 5.56 Å². The zero-order valence-corrected chi connectivity index (χ0v) is 12.4. The minimum atomic E-state index is -0.409. The first-order chi connectivity index (χ1) is 11.1. The number of ether oxygens (including phenoxy) is 1. The average Bonchev–Trinajstić information content (AvgIpc) is 2.56. The number of nitrogens with zero attached hydrogens (tertiary/aromatic N) is 2. The molecule has 0 unspecified atom stereocenters. The maximum absolute atomic E-state index is 13.2. The zero-order chi connectivity index (χ0) is 16.2. The van der Waals surface area contributed by atoms with Gasteiger partial charge < -0.3 is 10.1 Å². The van der Waals surface area contributed by atoms with Gasteiger partial charge in [-0.3, -0.25) is 4.79 Å². The van der Waals surface area contributed by atoms with E-state index in [1.807, 2.05) is 24.3 Å². The molecular formula is C17H14FN3O2. The van der Waals surface area contributed by atoms with E-state index in [0.29, 0.717) is 11.6 Å². The summed E-state index contributed by atoms with van der Waals surface area (Å²) in [6.45, 7) is 1.56. The quantitative estimate of drug-likeness (QED) is 0.804. The third-order valence-corrected chi connectivity index (χ3v) is 3.32. The first-order valence-electron chi connectivity index (χ1n) is 7.02. The number of rotatable bonds is 4. The highest BCUT2D eigenvalue weighted by Crippen LogP contribution is 2.20. The lowest BCUT2D eigenvalue weighted by Gasteiger charge is -2.10.